The minimum absolute atomic E-state index is 0.226. The number of anilines is 1. The van der Waals surface area contributed by atoms with E-state index >= 15 is 0 Å². The minimum atomic E-state index is -0.914. The van der Waals surface area contributed by atoms with Crippen molar-refractivity contribution in [3.05, 3.63) is 34.0 Å². The van der Waals surface area contributed by atoms with Crippen LogP contribution in [-0.4, -0.2) is 45.2 Å². The van der Waals surface area contributed by atoms with Crippen molar-refractivity contribution in [3.63, 3.8) is 0 Å². The first-order valence-electron chi connectivity index (χ1n) is 7.94. The first-order chi connectivity index (χ1) is 11.5. The first kappa shape index (κ1) is 16.9. The van der Waals surface area contributed by atoms with Crippen LogP contribution >= 0.6 is 11.3 Å². The second-order valence-electron chi connectivity index (χ2n) is 5.98. The lowest BCUT2D eigenvalue weighted by Gasteiger charge is -2.33. The summed E-state index contributed by atoms with van der Waals surface area (Å²) in [6.07, 6.45) is 3.65. The molecule has 3 rings (SSSR count). The molecule has 128 valence electrons. The second-order valence-corrected chi connectivity index (χ2v) is 7.19. The van der Waals surface area contributed by atoms with E-state index < -0.39 is 12.2 Å². The largest absolute Gasteiger partial charge is 0.323 e. The van der Waals surface area contributed by atoms with Crippen LogP contribution in [0.15, 0.2) is 18.5 Å². The normalized spacial score (nSPS) is 19.9. The second kappa shape index (κ2) is 7.31. The third kappa shape index (κ3) is 3.76. The van der Waals surface area contributed by atoms with Gasteiger partial charge in [0, 0.05) is 12.7 Å². The summed E-state index contributed by atoms with van der Waals surface area (Å²) in [7, 11) is 0. The third-order valence-corrected chi connectivity index (χ3v) is 4.97. The summed E-state index contributed by atoms with van der Waals surface area (Å²) in [6.45, 7) is 4.65. The highest BCUT2D eigenvalue weighted by Crippen LogP contribution is 2.29. The van der Waals surface area contributed by atoms with Crippen molar-refractivity contribution in [3.8, 4) is 0 Å². The van der Waals surface area contributed by atoms with E-state index in [1.807, 2.05) is 24.8 Å². The van der Waals surface area contributed by atoms with E-state index in [1.54, 1.807) is 12.4 Å². The van der Waals surface area contributed by atoms with E-state index in [0.29, 0.717) is 23.7 Å². The van der Waals surface area contributed by atoms with Crippen LogP contribution in [0, 0.1) is 13.8 Å². The van der Waals surface area contributed by atoms with Gasteiger partial charge in [-0.2, -0.15) is 0 Å². The number of rotatable bonds is 4. The molecule has 1 amide bonds. The number of aryl methyl sites for hydroxylation is 2. The maximum atomic E-state index is 13.9. The lowest BCUT2D eigenvalue weighted by molar-refractivity contribution is -0.122. The van der Waals surface area contributed by atoms with Crippen LogP contribution in [0.3, 0.4) is 0 Å². The van der Waals surface area contributed by atoms with Crippen molar-refractivity contribution in [1.82, 2.24) is 20.1 Å². The molecular formula is C16H20FN5OS. The molecule has 24 heavy (non-hydrogen) atoms. The van der Waals surface area contributed by atoms with Gasteiger partial charge in [0.25, 0.3) is 0 Å². The summed E-state index contributed by atoms with van der Waals surface area (Å²) in [5.74, 6) is -0.226. The third-order valence-electron chi connectivity index (χ3n) is 4.08. The zero-order chi connectivity index (χ0) is 17.1. The standard InChI is InChI=1S/C16H20FN5OS/c1-10-5-6-18-8-13(10)19-15(23)14(16-21-20-11(2)24-16)22-7-3-4-12(17)9-22/h5-6,8,12,14H,3-4,7,9H2,1-2H3,(H,19,23). The molecule has 0 aliphatic carbocycles. The number of piperidine rings is 1. The summed E-state index contributed by atoms with van der Waals surface area (Å²) in [5, 5.41) is 12.4. The van der Waals surface area contributed by atoms with E-state index in [4.69, 9.17) is 0 Å². The van der Waals surface area contributed by atoms with E-state index in [-0.39, 0.29) is 12.5 Å². The zero-order valence-corrected chi connectivity index (χ0v) is 14.5. The Morgan fingerprint density at radius 3 is 2.96 bits per heavy atom. The van der Waals surface area contributed by atoms with Gasteiger partial charge in [0.1, 0.15) is 22.2 Å². The summed E-state index contributed by atoms with van der Waals surface area (Å²) in [6, 6.07) is 1.20. The Morgan fingerprint density at radius 1 is 1.46 bits per heavy atom. The van der Waals surface area contributed by atoms with Crippen LogP contribution in [0.1, 0.15) is 34.5 Å². The molecule has 0 radical (unpaired) electrons. The van der Waals surface area contributed by atoms with Gasteiger partial charge in [-0.1, -0.05) is 11.3 Å². The van der Waals surface area contributed by atoms with Crippen LogP contribution in [0.25, 0.3) is 0 Å². The van der Waals surface area contributed by atoms with Gasteiger partial charge in [-0.25, -0.2) is 4.39 Å². The Kier molecular flexibility index (Phi) is 5.15. The first-order valence-corrected chi connectivity index (χ1v) is 8.76. The predicted octanol–water partition coefficient (Wildman–Crippen LogP) is 2.66. The van der Waals surface area contributed by atoms with Gasteiger partial charge in [0.05, 0.1) is 11.9 Å². The summed E-state index contributed by atoms with van der Waals surface area (Å²) < 4.78 is 13.9. The molecule has 0 spiro atoms. The molecule has 1 saturated heterocycles. The smallest absolute Gasteiger partial charge is 0.248 e. The maximum absolute atomic E-state index is 13.9. The topological polar surface area (TPSA) is 71.0 Å². The van der Waals surface area contributed by atoms with Crippen LogP contribution in [0.2, 0.25) is 0 Å². The Balaban J connectivity index is 1.86. The number of likely N-dealkylation sites (tertiary alicyclic amines) is 1. The van der Waals surface area contributed by atoms with Crippen molar-refractivity contribution in [2.24, 2.45) is 0 Å². The number of halogens is 1. The Morgan fingerprint density at radius 2 is 2.29 bits per heavy atom. The molecule has 2 atom stereocenters. The highest BCUT2D eigenvalue weighted by molar-refractivity contribution is 7.11. The van der Waals surface area contributed by atoms with Crippen LogP contribution < -0.4 is 5.32 Å². The SMILES string of the molecule is Cc1nnc(C(C(=O)Nc2cnccc2C)N2CCCC(F)C2)s1. The molecule has 1 N–H and O–H groups in total. The van der Waals surface area contributed by atoms with Crippen molar-refractivity contribution < 1.29 is 9.18 Å². The number of hydrogen-bond donors (Lipinski definition) is 1. The van der Waals surface area contributed by atoms with E-state index in [2.05, 4.69) is 20.5 Å². The molecule has 6 nitrogen and oxygen atoms in total. The minimum Gasteiger partial charge on any atom is -0.323 e. The van der Waals surface area contributed by atoms with Gasteiger partial charge in [0.15, 0.2) is 0 Å². The average Bonchev–Trinajstić information content (AvgIpc) is 2.96. The number of carbonyl (C=O) groups is 1. The monoisotopic (exact) mass is 349 g/mol. The Labute approximate surface area is 144 Å². The highest BCUT2D eigenvalue weighted by atomic mass is 32.1. The quantitative estimate of drug-likeness (QED) is 0.919. The Hall–Kier alpha value is -1.93. The number of carbonyl (C=O) groups excluding carboxylic acids is 1. The molecule has 0 saturated carbocycles. The van der Waals surface area contributed by atoms with Gasteiger partial charge in [0.2, 0.25) is 5.91 Å². The molecule has 2 aromatic heterocycles. The summed E-state index contributed by atoms with van der Waals surface area (Å²) >= 11 is 1.37. The van der Waals surface area contributed by atoms with Gasteiger partial charge < -0.3 is 5.32 Å². The molecule has 0 aromatic carbocycles. The van der Waals surface area contributed by atoms with Crippen LogP contribution in [0.5, 0.6) is 0 Å². The molecule has 1 aliphatic heterocycles. The van der Waals surface area contributed by atoms with E-state index in [1.165, 1.54) is 11.3 Å². The molecule has 2 aromatic rings. The fourth-order valence-electron chi connectivity index (χ4n) is 2.84. The molecular weight excluding hydrogens is 329 g/mol. The average molecular weight is 349 g/mol. The van der Waals surface area contributed by atoms with Crippen molar-refractivity contribution in [2.45, 2.75) is 38.9 Å². The fraction of sp³-hybridized carbons (Fsp3) is 0.500. The number of hydrogen-bond acceptors (Lipinski definition) is 6. The fourth-order valence-corrected chi connectivity index (χ4v) is 3.67. The molecule has 0 bridgehead atoms. The number of aromatic nitrogens is 3. The van der Waals surface area contributed by atoms with Crippen molar-refractivity contribution in [1.29, 1.82) is 0 Å². The number of nitrogens with one attached hydrogen (secondary N) is 1. The highest BCUT2D eigenvalue weighted by Gasteiger charge is 2.34. The molecule has 1 aliphatic rings. The lowest BCUT2D eigenvalue weighted by Crippen LogP contribution is -2.44. The van der Waals surface area contributed by atoms with Gasteiger partial charge in [-0.3, -0.25) is 14.7 Å². The number of amides is 1. The number of pyridine rings is 1. The summed E-state index contributed by atoms with van der Waals surface area (Å²) in [5.41, 5.74) is 1.58. The zero-order valence-electron chi connectivity index (χ0n) is 13.7. The number of alkyl halides is 1. The maximum Gasteiger partial charge on any atom is 0.248 e. The van der Waals surface area contributed by atoms with Crippen molar-refractivity contribution in [2.75, 3.05) is 18.4 Å². The van der Waals surface area contributed by atoms with Gasteiger partial charge >= 0.3 is 0 Å². The predicted molar refractivity (Wildman–Crippen MR) is 90.7 cm³/mol. The number of nitrogens with zero attached hydrogens (tertiary/aromatic N) is 4. The van der Waals surface area contributed by atoms with E-state index in [9.17, 15) is 9.18 Å². The Bertz CT molecular complexity index is 722. The van der Waals surface area contributed by atoms with Crippen molar-refractivity contribution >= 4 is 22.9 Å². The molecule has 3 heterocycles. The molecule has 1 fully saturated rings. The molecule has 2 unspecified atom stereocenters. The molecule has 8 heteroatoms. The van der Waals surface area contributed by atoms with Crippen LogP contribution in [-0.2, 0) is 4.79 Å². The van der Waals surface area contributed by atoms with Gasteiger partial charge in [-0.15, -0.1) is 10.2 Å². The van der Waals surface area contributed by atoms with E-state index in [0.717, 1.165) is 17.0 Å². The lowest BCUT2D eigenvalue weighted by atomic mass is 10.1. The van der Waals surface area contributed by atoms with Gasteiger partial charge in [-0.05, 0) is 44.9 Å². The van der Waals surface area contributed by atoms with Crippen LogP contribution in [0.4, 0.5) is 10.1 Å². The summed E-state index contributed by atoms with van der Waals surface area (Å²) in [4.78, 5) is 18.8.